The molecule has 0 aromatic rings. The van der Waals surface area contributed by atoms with Gasteiger partial charge in [-0.25, -0.2) is 0 Å². The second-order valence-electron chi connectivity index (χ2n) is 8.25. The number of fused-ring (bicyclic) bond motifs is 2. The first kappa shape index (κ1) is 15.4. The molecule has 1 N–H and O–H groups in total. The molecule has 0 amide bonds. The van der Waals surface area contributed by atoms with Crippen LogP contribution in [-0.2, 0) is 0 Å². The molecule has 0 bridgehead atoms. The molecule has 0 aromatic carbocycles. The van der Waals surface area contributed by atoms with E-state index in [2.05, 4.69) is 46.4 Å². The van der Waals surface area contributed by atoms with E-state index in [9.17, 15) is 0 Å². The minimum absolute atomic E-state index is 0.767. The first-order chi connectivity index (χ1) is 10.7. The maximum atomic E-state index is 4.15. The summed E-state index contributed by atoms with van der Waals surface area (Å²) < 4.78 is 0. The van der Waals surface area contributed by atoms with Gasteiger partial charge in [-0.3, -0.25) is 0 Å². The average molecular weight is 364 g/mol. The van der Waals surface area contributed by atoms with Crippen molar-refractivity contribution in [3.8, 4) is 0 Å². The lowest BCUT2D eigenvalue weighted by molar-refractivity contribution is 0.113. The highest BCUT2D eigenvalue weighted by molar-refractivity contribution is 9.09. The van der Waals surface area contributed by atoms with Gasteiger partial charge in [-0.2, -0.15) is 0 Å². The van der Waals surface area contributed by atoms with E-state index < -0.39 is 0 Å². The zero-order chi connectivity index (χ0) is 15.1. The zero-order valence-electron chi connectivity index (χ0n) is 13.8. The molecule has 1 saturated heterocycles. The third-order valence-corrected chi connectivity index (χ3v) is 8.46. The van der Waals surface area contributed by atoms with Crippen molar-refractivity contribution in [3.63, 3.8) is 0 Å². The summed E-state index contributed by atoms with van der Waals surface area (Å²) in [6, 6.07) is 0.791. The van der Waals surface area contributed by atoms with E-state index in [1.165, 1.54) is 51.5 Å². The molecular weight excluding hydrogens is 334 g/mol. The van der Waals surface area contributed by atoms with Gasteiger partial charge >= 0.3 is 0 Å². The maximum absolute atomic E-state index is 4.15. The second-order valence-corrected chi connectivity index (χ2v) is 9.30. The largest absolute Gasteiger partial charge is 0.314 e. The van der Waals surface area contributed by atoms with E-state index >= 15 is 0 Å². The monoisotopic (exact) mass is 363 g/mol. The van der Waals surface area contributed by atoms with Gasteiger partial charge in [-0.05, 0) is 81.1 Å². The number of piperidine rings is 1. The first-order valence-electron chi connectivity index (χ1n) is 9.46. The summed E-state index contributed by atoms with van der Waals surface area (Å²) in [5.74, 6) is 4.67. The fraction of sp³-hybridized carbons (Fsp3) is 0.800. The topological polar surface area (TPSA) is 12.0 Å². The Balaban J connectivity index is 1.44. The predicted molar refractivity (Wildman–Crippen MR) is 97.2 cm³/mol. The lowest BCUT2D eigenvalue weighted by Crippen LogP contribution is -2.52. The van der Waals surface area contributed by atoms with Crippen LogP contribution in [0.5, 0.6) is 0 Å². The van der Waals surface area contributed by atoms with Crippen LogP contribution < -0.4 is 5.32 Å². The summed E-state index contributed by atoms with van der Waals surface area (Å²) >= 11 is 4.15. The van der Waals surface area contributed by atoms with Crippen molar-refractivity contribution in [2.45, 2.75) is 62.7 Å². The van der Waals surface area contributed by atoms with Gasteiger partial charge < -0.3 is 5.32 Å². The lowest BCUT2D eigenvalue weighted by atomic mass is 9.67. The Kier molecular flexibility index (Phi) is 4.52. The molecule has 4 rings (SSSR count). The molecule has 122 valence electrons. The SMILES string of the molecule is CC1CC2C(Br)C3CCCNC3CC2C1CCC1=CC=CC1. The van der Waals surface area contributed by atoms with Crippen LogP contribution in [0.25, 0.3) is 0 Å². The molecule has 7 unspecified atom stereocenters. The third kappa shape index (κ3) is 2.75. The molecule has 2 saturated carbocycles. The Morgan fingerprint density at radius 3 is 2.95 bits per heavy atom. The van der Waals surface area contributed by atoms with Crippen molar-refractivity contribution < 1.29 is 0 Å². The maximum Gasteiger partial charge on any atom is 0.0220 e. The minimum Gasteiger partial charge on any atom is -0.314 e. The van der Waals surface area contributed by atoms with Crippen LogP contribution in [0.2, 0.25) is 0 Å². The second kappa shape index (κ2) is 6.43. The summed E-state index contributed by atoms with van der Waals surface area (Å²) in [7, 11) is 0. The van der Waals surface area contributed by atoms with E-state index in [-0.39, 0.29) is 0 Å². The van der Waals surface area contributed by atoms with Crippen LogP contribution in [0.3, 0.4) is 0 Å². The Labute approximate surface area is 144 Å². The molecule has 0 spiro atoms. The van der Waals surface area contributed by atoms with Crippen LogP contribution >= 0.6 is 15.9 Å². The van der Waals surface area contributed by atoms with Gasteiger partial charge in [-0.1, -0.05) is 46.7 Å². The number of nitrogens with one attached hydrogen (secondary N) is 1. The van der Waals surface area contributed by atoms with Crippen molar-refractivity contribution in [1.29, 1.82) is 0 Å². The van der Waals surface area contributed by atoms with Crippen LogP contribution in [0.15, 0.2) is 23.8 Å². The number of halogens is 1. The zero-order valence-corrected chi connectivity index (χ0v) is 15.4. The summed E-state index contributed by atoms with van der Waals surface area (Å²) in [6.07, 6.45) is 16.6. The molecule has 3 fully saturated rings. The summed E-state index contributed by atoms with van der Waals surface area (Å²) in [5.41, 5.74) is 1.66. The quantitative estimate of drug-likeness (QED) is 0.689. The smallest absolute Gasteiger partial charge is 0.0220 e. The third-order valence-electron chi connectivity index (χ3n) is 7.10. The highest BCUT2D eigenvalue weighted by Crippen LogP contribution is 2.55. The summed E-state index contributed by atoms with van der Waals surface area (Å²) in [5, 5.41) is 3.85. The molecule has 1 aliphatic heterocycles. The predicted octanol–water partition coefficient (Wildman–Crippen LogP) is 5.08. The van der Waals surface area contributed by atoms with E-state index in [0.29, 0.717) is 0 Å². The van der Waals surface area contributed by atoms with E-state index in [0.717, 1.165) is 40.5 Å². The fourth-order valence-corrected chi connectivity index (χ4v) is 7.23. The summed E-state index contributed by atoms with van der Waals surface area (Å²) in [6.45, 7) is 3.78. The number of alkyl halides is 1. The number of allylic oxidation sites excluding steroid dienone is 4. The number of hydrogen-bond donors (Lipinski definition) is 1. The van der Waals surface area contributed by atoms with Crippen LogP contribution in [-0.4, -0.2) is 17.4 Å². The Morgan fingerprint density at radius 2 is 2.14 bits per heavy atom. The summed E-state index contributed by atoms with van der Waals surface area (Å²) in [4.78, 5) is 0.767. The van der Waals surface area contributed by atoms with E-state index in [1.807, 2.05) is 0 Å². The van der Waals surface area contributed by atoms with Gasteiger partial charge in [0.05, 0.1) is 0 Å². The lowest BCUT2D eigenvalue weighted by Gasteiger charge is -2.47. The number of hydrogen-bond acceptors (Lipinski definition) is 1. The normalized spacial score (nSPS) is 47.2. The van der Waals surface area contributed by atoms with Crippen molar-refractivity contribution >= 4 is 15.9 Å². The number of rotatable bonds is 3. The fourth-order valence-electron chi connectivity index (χ4n) is 5.99. The van der Waals surface area contributed by atoms with Gasteiger partial charge in [0.25, 0.3) is 0 Å². The molecule has 3 aliphatic carbocycles. The molecule has 22 heavy (non-hydrogen) atoms. The molecule has 0 radical (unpaired) electrons. The van der Waals surface area contributed by atoms with Crippen LogP contribution in [0.1, 0.15) is 51.9 Å². The van der Waals surface area contributed by atoms with Crippen molar-refractivity contribution in [3.05, 3.63) is 23.8 Å². The Bertz CT molecular complexity index is 468. The molecule has 1 nitrogen and oxygen atoms in total. The molecule has 0 aromatic heterocycles. The molecule has 1 heterocycles. The standard InChI is InChI=1S/C20H30BrN/c1-13-11-18-17(15(13)9-8-14-5-2-3-6-14)12-19-16(20(18)21)7-4-10-22-19/h2-3,5,13,15-20,22H,4,6-12H2,1H3. The first-order valence-corrected chi connectivity index (χ1v) is 10.4. The van der Waals surface area contributed by atoms with E-state index in [4.69, 9.17) is 0 Å². The highest BCUT2D eigenvalue weighted by atomic mass is 79.9. The molecule has 7 atom stereocenters. The Morgan fingerprint density at radius 1 is 1.23 bits per heavy atom. The van der Waals surface area contributed by atoms with Gasteiger partial charge in [0.15, 0.2) is 0 Å². The molecule has 2 heteroatoms. The molecule has 4 aliphatic rings. The van der Waals surface area contributed by atoms with E-state index in [1.54, 1.807) is 5.57 Å². The van der Waals surface area contributed by atoms with Crippen molar-refractivity contribution in [1.82, 2.24) is 5.32 Å². The van der Waals surface area contributed by atoms with Crippen molar-refractivity contribution in [2.75, 3.05) is 6.54 Å². The Hall–Kier alpha value is -0.0800. The van der Waals surface area contributed by atoms with Crippen LogP contribution in [0, 0.1) is 29.6 Å². The average Bonchev–Trinajstić information content (AvgIpc) is 3.14. The van der Waals surface area contributed by atoms with Gasteiger partial charge in [0.2, 0.25) is 0 Å². The van der Waals surface area contributed by atoms with Crippen molar-refractivity contribution in [2.24, 2.45) is 29.6 Å². The van der Waals surface area contributed by atoms with Crippen LogP contribution in [0.4, 0.5) is 0 Å². The minimum atomic E-state index is 0.767. The van der Waals surface area contributed by atoms with Gasteiger partial charge in [0.1, 0.15) is 0 Å². The van der Waals surface area contributed by atoms with Gasteiger partial charge in [0, 0.05) is 10.9 Å². The van der Waals surface area contributed by atoms with Gasteiger partial charge in [-0.15, -0.1) is 0 Å². The molecular formula is C20H30BrN. The highest BCUT2D eigenvalue weighted by Gasteiger charge is 2.51.